The van der Waals surface area contributed by atoms with Crippen LogP contribution in [0.15, 0.2) is 0 Å². The molecule has 1 aliphatic heterocycles. The lowest BCUT2D eigenvalue weighted by Gasteiger charge is -2.30. The highest BCUT2D eigenvalue weighted by molar-refractivity contribution is 5.78. The minimum Gasteiger partial charge on any atom is -0.356 e. The van der Waals surface area contributed by atoms with Crippen molar-refractivity contribution in [2.24, 2.45) is 17.6 Å². The average Bonchev–Trinajstić information content (AvgIpc) is 2.35. The van der Waals surface area contributed by atoms with Crippen LogP contribution in [0.1, 0.15) is 40.0 Å². The van der Waals surface area contributed by atoms with Gasteiger partial charge in [-0.15, -0.1) is 0 Å². The average molecular weight is 255 g/mol. The van der Waals surface area contributed by atoms with Crippen LogP contribution in [-0.4, -0.2) is 43.0 Å². The standard InChI is InChI=1S/C14H29N3O/c1-11-5-9-17(10-6-11)8-4-7-16-14(18)12(2)13(3)15/h11-13H,4-10,15H2,1-3H3,(H,16,18). The molecule has 106 valence electrons. The molecule has 1 fully saturated rings. The minimum atomic E-state index is -0.0964. The molecule has 3 N–H and O–H groups in total. The molecular weight excluding hydrogens is 226 g/mol. The monoisotopic (exact) mass is 255 g/mol. The first-order valence-corrected chi connectivity index (χ1v) is 7.26. The van der Waals surface area contributed by atoms with Gasteiger partial charge in [0.05, 0.1) is 0 Å². The number of likely N-dealkylation sites (tertiary alicyclic amines) is 1. The van der Waals surface area contributed by atoms with E-state index in [9.17, 15) is 4.79 Å². The highest BCUT2D eigenvalue weighted by Crippen LogP contribution is 2.15. The molecule has 1 saturated heterocycles. The molecule has 0 aromatic rings. The second-order valence-electron chi connectivity index (χ2n) is 5.82. The summed E-state index contributed by atoms with van der Waals surface area (Å²) in [5, 5.41) is 2.97. The normalized spacial score (nSPS) is 21.6. The number of rotatable bonds is 6. The van der Waals surface area contributed by atoms with E-state index in [0.29, 0.717) is 0 Å². The molecule has 0 radical (unpaired) electrons. The summed E-state index contributed by atoms with van der Waals surface area (Å²) in [6, 6.07) is -0.0754. The zero-order chi connectivity index (χ0) is 13.5. The number of nitrogens with two attached hydrogens (primary N) is 1. The van der Waals surface area contributed by atoms with Crippen LogP contribution in [0.5, 0.6) is 0 Å². The van der Waals surface area contributed by atoms with Gasteiger partial charge < -0.3 is 16.0 Å². The van der Waals surface area contributed by atoms with Gasteiger partial charge in [-0.1, -0.05) is 13.8 Å². The van der Waals surface area contributed by atoms with Crippen molar-refractivity contribution in [1.29, 1.82) is 0 Å². The van der Waals surface area contributed by atoms with Crippen molar-refractivity contribution in [3.63, 3.8) is 0 Å². The SMILES string of the molecule is CC1CCN(CCCNC(=O)C(C)C(C)N)CC1. The van der Waals surface area contributed by atoms with Crippen molar-refractivity contribution in [1.82, 2.24) is 10.2 Å². The third-order valence-electron chi connectivity index (χ3n) is 4.03. The first kappa shape index (κ1) is 15.4. The quantitative estimate of drug-likeness (QED) is 0.701. The van der Waals surface area contributed by atoms with Crippen molar-refractivity contribution in [2.45, 2.75) is 46.1 Å². The van der Waals surface area contributed by atoms with Crippen molar-refractivity contribution in [2.75, 3.05) is 26.2 Å². The number of carbonyl (C=O) groups is 1. The van der Waals surface area contributed by atoms with Crippen LogP contribution in [0, 0.1) is 11.8 Å². The molecule has 1 amide bonds. The lowest BCUT2D eigenvalue weighted by atomic mass is 9.99. The Morgan fingerprint density at radius 2 is 2.00 bits per heavy atom. The van der Waals surface area contributed by atoms with E-state index in [2.05, 4.69) is 17.1 Å². The molecule has 4 nitrogen and oxygen atoms in total. The maximum absolute atomic E-state index is 11.7. The van der Waals surface area contributed by atoms with Crippen molar-refractivity contribution >= 4 is 5.91 Å². The molecule has 1 aliphatic rings. The highest BCUT2D eigenvalue weighted by Gasteiger charge is 2.17. The van der Waals surface area contributed by atoms with E-state index in [1.165, 1.54) is 25.9 Å². The van der Waals surface area contributed by atoms with Gasteiger partial charge in [-0.25, -0.2) is 0 Å². The number of amides is 1. The van der Waals surface area contributed by atoms with Gasteiger partial charge >= 0.3 is 0 Å². The van der Waals surface area contributed by atoms with Crippen LogP contribution in [0.4, 0.5) is 0 Å². The Balaban J connectivity index is 2.06. The number of piperidine rings is 1. The molecule has 1 heterocycles. The molecule has 1 rings (SSSR count). The third-order valence-corrected chi connectivity index (χ3v) is 4.03. The summed E-state index contributed by atoms with van der Waals surface area (Å²) in [7, 11) is 0. The number of nitrogens with one attached hydrogen (secondary N) is 1. The summed E-state index contributed by atoms with van der Waals surface area (Å²) >= 11 is 0. The van der Waals surface area contributed by atoms with Gasteiger partial charge in [0.15, 0.2) is 0 Å². The molecule has 2 unspecified atom stereocenters. The molecule has 2 atom stereocenters. The fraction of sp³-hybridized carbons (Fsp3) is 0.929. The lowest BCUT2D eigenvalue weighted by molar-refractivity contribution is -0.124. The van der Waals surface area contributed by atoms with Crippen molar-refractivity contribution in [3.8, 4) is 0 Å². The van der Waals surface area contributed by atoms with E-state index in [4.69, 9.17) is 5.73 Å². The zero-order valence-electron chi connectivity index (χ0n) is 12.1. The van der Waals surface area contributed by atoms with E-state index in [1.807, 2.05) is 13.8 Å². The minimum absolute atomic E-state index is 0.0754. The first-order chi connectivity index (χ1) is 8.50. The van der Waals surface area contributed by atoms with Gasteiger partial charge in [-0.3, -0.25) is 4.79 Å². The van der Waals surface area contributed by atoms with Crippen LogP contribution in [-0.2, 0) is 4.79 Å². The summed E-state index contributed by atoms with van der Waals surface area (Å²) in [6.45, 7) is 10.4. The fourth-order valence-electron chi connectivity index (χ4n) is 2.20. The van der Waals surface area contributed by atoms with E-state index < -0.39 is 0 Å². The van der Waals surface area contributed by atoms with Crippen LogP contribution < -0.4 is 11.1 Å². The van der Waals surface area contributed by atoms with E-state index >= 15 is 0 Å². The molecular formula is C14H29N3O. The Kier molecular flexibility index (Phi) is 6.65. The number of nitrogens with zero attached hydrogens (tertiary/aromatic N) is 1. The molecule has 0 aliphatic carbocycles. The Bertz CT molecular complexity index is 247. The highest BCUT2D eigenvalue weighted by atomic mass is 16.1. The largest absolute Gasteiger partial charge is 0.356 e. The second kappa shape index (κ2) is 7.74. The smallest absolute Gasteiger partial charge is 0.224 e. The van der Waals surface area contributed by atoms with Gasteiger partial charge in [-0.05, 0) is 51.7 Å². The van der Waals surface area contributed by atoms with Crippen LogP contribution >= 0.6 is 0 Å². The van der Waals surface area contributed by atoms with Crippen LogP contribution in [0.3, 0.4) is 0 Å². The predicted molar refractivity (Wildman–Crippen MR) is 75.3 cm³/mol. The molecule has 0 saturated carbocycles. The zero-order valence-corrected chi connectivity index (χ0v) is 12.1. The van der Waals surface area contributed by atoms with E-state index in [1.54, 1.807) is 0 Å². The Labute approximate surface area is 111 Å². The maximum atomic E-state index is 11.7. The summed E-state index contributed by atoms with van der Waals surface area (Å²) in [4.78, 5) is 14.2. The number of hydrogen-bond donors (Lipinski definition) is 2. The topological polar surface area (TPSA) is 58.4 Å². The number of carbonyl (C=O) groups excluding carboxylic acids is 1. The van der Waals surface area contributed by atoms with E-state index in [-0.39, 0.29) is 17.9 Å². The molecule has 0 spiro atoms. The maximum Gasteiger partial charge on any atom is 0.224 e. The summed E-state index contributed by atoms with van der Waals surface area (Å²) in [5.41, 5.74) is 5.70. The van der Waals surface area contributed by atoms with Gasteiger partial charge in [0.1, 0.15) is 0 Å². The molecule has 0 aromatic heterocycles. The summed E-state index contributed by atoms with van der Waals surface area (Å²) < 4.78 is 0. The van der Waals surface area contributed by atoms with Gasteiger partial charge in [0.25, 0.3) is 0 Å². The molecule has 0 bridgehead atoms. The van der Waals surface area contributed by atoms with Crippen LogP contribution in [0.2, 0.25) is 0 Å². The number of hydrogen-bond acceptors (Lipinski definition) is 3. The first-order valence-electron chi connectivity index (χ1n) is 7.26. The Hall–Kier alpha value is -0.610. The fourth-order valence-corrected chi connectivity index (χ4v) is 2.20. The van der Waals surface area contributed by atoms with Crippen molar-refractivity contribution in [3.05, 3.63) is 0 Å². The summed E-state index contributed by atoms with van der Waals surface area (Å²) in [5.74, 6) is 0.867. The third kappa shape index (κ3) is 5.36. The second-order valence-corrected chi connectivity index (χ2v) is 5.82. The van der Waals surface area contributed by atoms with E-state index in [0.717, 1.165) is 25.4 Å². The Morgan fingerprint density at radius 1 is 1.39 bits per heavy atom. The van der Waals surface area contributed by atoms with Crippen molar-refractivity contribution < 1.29 is 4.79 Å². The predicted octanol–water partition coefficient (Wildman–Crippen LogP) is 1.21. The van der Waals surface area contributed by atoms with Gasteiger partial charge in [0, 0.05) is 18.5 Å². The molecule has 4 heteroatoms. The van der Waals surface area contributed by atoms with Crippen LogP contribution in [0.25, 0.3) is 0 Å². The molecule has 18 heavy (non-hydrogen) atoms. The van der Waals surface area contributed by atoms with Gasteiger partial charge in [-0.2, -0.15) is 0 Å². The Morgan fingerprint density at radius 3 is 2.56 bits per heavy atom. The summed E-state index contributed by atoms with van der Waals surface area (Å²) in [6.07, 6.45) is 3.66. The molecule has 0 aromatic carbocycles. The lowest BCUT2D eigenvalue weighted by Crippen LogP contribution is -2.40. The van der Waals surface area contributed by atoms with Gasteiger partial charge in [0.2, 0.25) is 5.91 Å².